The Hall–Kier alpha value is -9.56. The van der Waals surface area contributed by atoms with Crippen molar-refractivity contribution in [3.63, 3.8) is 0 Å². The number of anilines is 3. The van der Waals surface area contributed by atoms with E-state index in [0.717, 1.165) is 17.1 Å². The van der Waals surface area contributed by atoms with E-state index in [2.05, 4.69) is 316 Å². The summed E-state index contributed by atoms with van der Waals surface area (Å²) in [5.41, 5.74) is 27.1. The summed E-state index contributed by atoms with van der Waals surface area (Å²) in [5, 5.41) is 0. The van der Waals surface area contributed by atoms with E-state index >= 15 is 0 Å². The molecule has 0 saturated heterocycles. The van der Waals surface area contributed by atoms with Crippen molar-refractivity contribution in [1.29, 1.82) is 0 Å². The van der Waals surface area contributed by atoms with Gasteiger partial charge in [-0.2, -0.15) is 0 Å². The molecule has 0 radical (unpaired) electrons. The molecule has 4 aliphatic carbocycles. The normalized spacial score (nSPS) is 15.4. The molecule has 0 fully saturated rings. The van der Waals surface area contributed by atoms with Crippen LogP contribution in [0.1, 0.15) is 91.7 Å². The lowest BCUT2D eigenvalue weighted by molar-refractivity contribution is 0.623. The zero-order valence-electron chi connectivity index (χ0n) is 44.2. The van der Waals surface area contributed by atoms with E-state index < -0.39 is 16.2 Å². The highest BCUT2D eigenvalue weighted by atomic mass is 15.1. The topological polar surface area (TPSA) is 3.24 Å². The van der Waals surface area contributed by atoms with Gasteiger partial charge in [-0.3, -0.25) is 0 Å². The zero-order chi connectivity index (χ0) is 52.5. The van der Waals surface area contributed by atoms with E-state index in [1.165, 1.54) is 111 Å². The first-order valence-electron chi connectivity index (χ1n) is 27.9. The summed E-state index contributed by atoms with van der Waals surface area (Å²) < 4.78 is 0. The van der Waals surface area contributed by atoms with Crippen molar-refractivity contribution in [1.82, 2.24) is 0 Å². The maximum atomic E-state index is 2.57. The number of benzene rings is 12. The molecule has 1 heteroatoms. The van der Waals surface area contributed by atoms with Crippen molar-refractivity contribution < 1.29 is 0 Å². The van der Waals surface area contributed by atoms with Gasteiger partial charge in [0.2, 0.25) is 0 Å². The van der Waals surface area contributed by atoms with Crippen LogP contribution in [0.3, 0.4) is 0 Å². The summed E-state index contributed by atoms with van der Waals surface area (Å²) in [7, 11) is 0. The molecule has 12 aromatic carbocycles. The fourth-order valence-electron chi connectivity index (χ4n) is 15.6. The van der Waals surface area contributed by atoms with E-state index in [1.807, 2.05) is 0 Å². The van der Waals surface area contributed by atoms with Crippen LogP contribution in [-0.2, 0) is 21.7 Å². The summed E-state index contributed by atoms with van der Waals surface area (Å²) in [4.78, 5) is 2.57. The maximum absolute atomic E-state index is 2.57. The van der Waals surface area contributed by atoms with Crippen LogP contribution in [0.4, 0.5) is 17.1 Å². The number of nitrogens with zero attached hydrogens (tertiary/aromatic N) is 1. The molecule has 0 atom stereocenters. The van der Waals surface area contributed by atoms with Gasteiger partial charge < -0.3 is 4.90 Å². The minimum atomic E-state index is -0.662. The van der Waals surface area contributed by atoms with Crippen molar-refractivity contribution in [2.75, 3.05) is 4.90 Å². The Balaban J connectivity index is 0.990. The molecular weight excluding hydrogens is 951 g/mol. The Morgan fingerprint density at radius 2 is 0.456 bits per heavy atom. The van der Waals surface area contributed by atoms with Gasteiger partial charge in [0.1, 0.15) is 0 Å². The molecule has 1 nitrogen and oxygen atoms in total. The van der Waals surface area contributed by atoms with Crippen LogP contribution in [0.25, 0.3) is 33.4 Å². The zero-order valence-corrected chi connectivity index (χ0v) is 44.2. The number of fused-ring (bicyclic) bond motifs is 15. The first kappa shape index (κ1) is 45.6. The minimum absolute atomic E-state index is 0.202. The van der Waals surface area contributed by atoms with Crippen LogP contribution in [-0.4, -0.2) is 0 Å². The van der Waals surface area contributed by atoms with Crippen LogP contribution in [0.5, 0.6) is 0 Å². The van der Waals surface area contributed by atoms with Gasteiger partial charge in [-0.15, -0.1) is 0 Å². The van der Waals surface area contributed by atoms with Gasteiger partial charge in [0.25, 0.3) is 0 Å². The third-order valence-corrected chi connectivity index (χ3v) is 18.7. The Morgan fingerprint density at radius 1 is 0.203 bits per heavy atom. The van der Waals surface area contributed by atoms with E-state index in [-0.39, 0.29) is 5.41 Å². The molecule has 0 saturated carbocycles. The number of hydrogen-bond acceptors (Lipinski definition) is 1. The summed E-state index contributed by atoms with van der Waals surface area (Å²) in [6.45, 7) is 4.79. The van der Waals surface area contributed by atoms with Gasteiger partial charge in [0.15, 0.2) is 0 Å². The van der Waals surface area contributed by atoms with Crippen molar-refractivity contribution in [3.8, 4) is 33.4 Å². The molecule has 0 N–H and O–H groups in total. The van der Waals surface area contributed by atoms with Gasteiger partial charge in [0.05, 0.1) is 16.2 Å². The minimum Gasteiger partial charge on any atom is -0.310 e. The average Bonchev–Trinajstić information content (AvgIpc) is 3.21. The Morgan fingerprint density at radius 3 is 0.861 bits per heavy atom. The van der Waals surface area contributed by atoms with Crippen molar-refractivity contribution in [2.24, 2.45) is 0 Å². The summed E-state index contributed by atoms with van der Waals surface area (Å²) in [5.74, 6) is 0. The molecule has 0 heterocycles. The molecule has 4 aliphatic rings. The van der Waals surface area contributed by atoms with Crippen LogP contribution in [0.15, 0.2) is 297 Å². The van der Waals surface area contributed by atoms with Gasteiger partial charge in [-0.05, 0) is 148 Å². The number of hydrogen-bond donors (Lipinski definition) is 0. The summed E-state index contributed by atoms with van der Waals surface area (Å²) in [6, 6.07) is 113. The van der Waals surface area contributed by atoms with Crippen LogP contribution >= 0.6 is 0 Å². The Bertz CT molecular complexity index is 4270. The van der Waals surface area contributed by atoms with E-state index in [9.17, 15) is 0 Å². The Labute approximate surface area is 463 Å². The summed E-state index contributed by atoms with van der Waals surface area (Å²) >= 11 is 0. The largest absolute Gasteiger partial charge is 0.310 e. The van der Waals surface area contributed by atoms with Crippen molar-refractivity contribution >= 4 is 17.1 Å². The Kier molecular flexibility index (Phi) is 9.80. The monoisotopic (exact) mass is 1010 g/mol. The first-order chi connectivity index (χ1) is 39.0. The molecule has 372 valence electrons. The first-order valence-corrected chi connectivity index (χ1v) is 27.9. The molecule has 16 rings (SSSR count). The highest BCUT2D eigenvalue weighted by Crippen LogP contribution is 2.66. The van der Waals surface area contributed by atoms with Crippen LogP contribution in [0, 0.1) is 0 Å². The van der Waals surface area contributed by atoms with Gasteiger partial charge >= 0.3 is 0 Å². The molecule has 0 aromatic heterocycles. The van der Waals surface area contributed by atoms with Gasteiger partial charge in [-0.25, -0.2) is 0 Å². The predicted molar refractivity (Wildman–Crippen MR) is 325 cm³/mol. The molecule has 1 spiro atoms. The highest BCUT2D eigenvalue weighted by molar-refractivity contribution is 5.95. The van der Waals surface area contributed by atoms with E-state index in [0.29, 0.717) is 0 Å². The molecule has 0 aliphatic heterocycles. The molecular formula is C78H55N. The second-order valence-corrected chi connectivity index (χ2v) is 22.6. The van der Waals surface area contributed by atoms with Crippen molar-refractivity contribution in [3.05, 3.63) is 375 Å². The lowest BCUT2D eigenvalue weighted by atomic mass is 9.51. The lowest BCUT2D eigenvalue weighted by Gasteiger charge is -2.50. The lowest BCUT2D eigenvalue weighted by Crippen LogP contribution is -2.44. The van der Waals surface area contributed by atoms with Gasteiger partial charge in [0, 0.05) is 22.5 Å². The summed E-state index contributed by atoms with van der Waals surface area (Å²) in [6.07, 6.45) is 0. The third kappa shape index (κ3) is 6.00. The number of rotatable bonds is 7. The predicted octanol–water partition coefficient (Wildman–Crippen LogP) is 18.9. The third-order valence-electron chi connectivity index (χ3n) is 18.7. The maximum Gasteiger partial charge on any atom is 0.0720 e. The SMILES string of the molecule is CC1(C)c2ccccc2-c2ccc(N(c3ccc4c(c3)C(c3ccccc3)(c3ccccc3)c3ccccc3-4)c3ccc4c(c3)C3(c5ccccc5-4)c4ccccc4C(c4ccccc4)(c4ccccc4)c4ccccc43)cc21. The quantitative estimate of drug-likeness (QED) is 0.154. The fourth-order valence-corrected chi connectivity index (χ4v) is 15.6. The van der Waals surface area contributed by atoms with Gasteiger partial charge in [-0.1, -0.05) is 275 Å². The van der Waals surface area contributed by atoms with Crippen molar-refractivity contribution in [2.45, 2.75) is 35.5 Å². The fraction of sp³-hybridized carbons (Fsp3) is 0.0769. The standard InChI is InChI=1S/C78H55N/c1-75(2)65-36-18-15-33-59(65)62-46-43-56(49-72(62)75)79(57-44-47-63-60-34-16-19-37-66(60)76(73(63)50-57,52-25-7-3-8-26-52)53-27-9-4-10-28-53)58-45-48-64-61-35-17-20-38-67(61)78(74(64)51-58)70-41-23-21-39-68(70)77(54-29-11-5-12-30-54,55-31-13-6-14-32-55)69-40-22-24-42-71(69)78/h3-51H,1-2H3. The second kappa shape index (κ2) is 17.0. The van der Waals surface area contributed by atoms with E-state index in [4.69, 9.17) is 0 Å². The van der Waals surface area contributed by atoms with Crippen LogP contribution < -0.4 is 4.90 Å². The molecule has 0 unspecified atom stereocenters. The molecule has 0 bridgehead atoms. The molecule has 12 aromatic rings. The average molecular weight is 1010 g/mol. The smallest absolute Gasteiger partial charge is 0.0720 e. The van der Waals surface area contributed by atoms with Crippen LogP contribution in [0.2, 0.25) is 0 Å². The second-order valence-electron chi connectivity index (χ2n) is 22.6. The molecule has 0 amide bonds. The molecule has 79 heavy (non-hydrogen) atoms. The van der Waals surface area contributed by atoms with E-state index in [1.54, 1.807) is 0 Å². The highest BCUT2D eigenvalue weighted by Gasteiger charge is 2.57.